The first kappa shape index (κ1) is 18.8. The number of rotatable bonds is 4. The molecule has 2 N–H and O–H groups in total. The van der Waals surface area contributed by atoms with Crippen LogP contribution in [-0.4, -0.2) is 39.3 Å². The molecule has 1 aromatic carbocycles. The standard InChI is InChI=1S/C17H19N5O4S/c1-10(2)18-16(24)20-17-19-12-7-8-21(9-14(12)27-17)15(23)11-5-3-4-6-13(11)22(25)26/h3-6,10H,7-9H2,1-2H3,(H2,18,19,20,24). The summed E-state index contributed by atoms with van der Waals surface area (Å²) in [5.74, 6) is -0.381. The van der Waals surface area contributed by atoms with Gasteiger partial charge in [0.2, 0.25) is 0 Å². The lowest BCUT2D eigenvalue weighted by molar-refractivity contribution is -0.385. The molecule has 2 aromatic rings. The number of thiazole rings is 1. The summed E-state index contributed by atoms with van der Waals surface area (Å²) >= 11 is 1.31. The number of hydrogen-bond acceptors (Lipinski definition) is 6. The van der Waals surface area contributed by atoms with Gasteiger partial charge in [-0.2, -0.15) is 0 Å². The van der Waals surface area contributed by atoms with E-state index in [1.807, 2.05) is 13.8 Å². The van der Waals surface area contributed by atoms with E-state index >= 15 is 0 Å². The second-order valence-corrected chi connectivity index (χ2v) is 7.48. The van der Waals surface area contributed by atoms with Gasteiger partial charge >= 0.3 is 6.03 Å². The van der Waals surface area contributed by atoms with Crippen LogP contribution in [0.4, 0.5) is 15.6 Å². The average Bonchev–Trinajstić information content (AvgIpc) is 3.01. The van der Waals surface area contributed by atoms with Gasteiger partial charge in [-0.15, -0.1) is 0 Å². The molecule has 9 nitrogen and oxygen atoms in total. The molecule has 27 heavy (non-hydrogen) atoms. The molecule has 0 spiro atoms. The third kappa shape index (κ3) is 4.22. The maximum absolute atomic E-state index is 12.8. The minimum Gasteiger partial charge on any atom is -0.336 e. The molecule has 2 heterocycles. The molecule has 142 valence electrons. The molecule has 0 bridgehead atoms. The molecule has 0 fully saturated rings. The van der Waals surface area contributed by atoms with Crippen LogP contribution < -0.4 is 10.6 Å². The van der Waals surface area contributed by atoms with Crippen LogP contribution in [0.15, 0.2) is 24.3 Å². The Bertz CT molecular complexity index is 895. The van der Waals surface area contributed by atoms with Crippen LogP contribution in [-0.2, 0) is 13.0 Å². The van der Waals surface area contributed by atoms with Gasteiger partial charge in [0.05, 0.1) is 17.2 Å². The van der Waals surface area contributed by atoms with E-state index in [1.54, 1.807) is 11.0 Å². The van der Waals surface area contributed by atoms with E-state index < -0.39 is 4.92 Å². The summed E-state index contributed by atoms with van der Waals surface area (Å²) in [6.07, 6.45) is 0.533. The van der Waals surface area contributed by atoms with Crippen LogP contribution in [0.3, 0.4) is 0 Å². The summed E-state index contributed by atoms with van der Waals surface area (Å²) in [6.45, 7) is 4.45. The van der Waals surface area contributed by atoms with E-state index in [4.69, 9.17) is 0 Å². The number of urea groups is 1. The highest BCUT2D eigenvalue weighted by molar-refractivity contribution is 7.15. The number of aromatic nitrogens is 1. The molecule has 1 aliphatic rings. The minimum absolute atomic E-state index is 0.00867. The molecule has 3 rings (SSSR count). The molecule has 10 heteroatoms. The van der Waals surface area contributed by atoms with Crippen molar-refractivity contribution < 1.29 is 14.5 Å². The van der Waals surface area contributed by atoms with Crippen molar-refractivity contribution in [3.8, 4) is 0 Å². The predicted molar refractivity (Wildman–Crippen MR) is 101 cm³/mol. The Kier molecular flexibility index (Phi) is 5.36. The predicted octanol–water partition coefficient (Wildman–Crippen LogP) is 2.78. The highest BCUT2D eigenvalue weighted by atomic mass is 32.1. The second-order valence-electron chi connectivity index (χ2n) is 6.39. The van der Waals surface area contributed by atoms with Crippen LogP contribution in [0, 0.1) is 10.1 Å². The SMILES string of the molecule is CC(C)NC(=O)Nc1nc2c(s1)CN(C(=O)c1ccccc1[N+](=O)[O-])CC2. The van der Waals surface area contributed by atoms with Gasteiger partial charge in [-0.1, -0.05) is 23.5 Å². The molecule has 0 saturated carbocycles. The monoisotopic (exact) mass is 389 g/mol. The van der Waals surface area contributed by atoms with Crippen molar-refractivity contribution >= 4 is 34.1 Å². The number of nitrogens with zero attached hydrogens (tertiary/aromatic N) is 3. The lowest BCUT2D eigenvalue weighted by atomic mass is 10.1. The Morgan fingerprint density at radius 3 is 2.78 bits per heavy atom. The summed E-state index contributed by atoms with van der Waals surface area (Å²) in [5, 5.41) is 17.1. The number of hydrogen-bond donors (Lipinski definition) is 2. The smallest absolute Gasteiger partial charge is 0.321 e. The van der Waals surface area contributed by atoms with Gasteiger partial charge in [-0.3, -0.25) is 20.2 Å². The number of carbonyl (C=O) groups excluding carboxylic acids is 2. The number of amides is 3. The maximum Gasteiger partial charge on any atom is 0.321 e. The number of benzene rings is 1. The fourth-order valence-corrected chi connectivity index (χ4v) is 3.82. The van der Waals surface area contributed by atoms with E-state index in [1.165, 1.54) is 29.5 Å². The van der Waals surface area contributed by atoms with Crippen LogP contribution in [0.5, 0.6) is 0 Å². The first-order valence-electron chi connectivity index (χ1n) is 8.44. The van der Waals surface area contributed by atoms with Gasteiger partial charge in [-0.05, 0) is 19.9 Å². The van der Waals surface area contributed by atoms with Crippen LogP contribution in [0.2, 0.25) is 0 Å². The second kappa shape index (κ2) is 7.70. The number of anilines is 1. The maximum atomic E-state index is 12.8. The molecule has 0 saturated heterocycles. The van der Waals surface area contributed by atoms with Crippen LogP contribution >= 0.6 is 11.3 Å². The van der Waals surface area contributed by atoms with Gasteiger partial charge in [0, 0.05) is 30.0 Å². The van der Waals surface area contributed by atoms with Crippen molar-refractivity contribution in [2.75, 3.05) is 11.9 Å². The van der Waals surface area contributed by atoms with E-state index in [0.717, 1.165) is 10.6 Å². The van der Waals surface area contributed by atoms with Gasteiger partial charge in [-0.25, -0.2) is 9.78 Å². The number of fused-ring (bicyclic) bond motifs is 1. The Balaban J connectivity index is 1.74. The molecular formula is C17H19N5O4S. The van der Waals surface area contributed by atoms with Crippen molar-refractivity contribution in [3.63, 3.8) is 0 Å². The van der Waals surface area contributed by atoms with Crippen LogP contribution in [0.1, 0.15) is 34.8 Å². The van der Waals surface area contributed by atoms with Gasteiger partial charge in [0.25, 0.3) is 11.6 Å². The highest BCUT2D eigenvalue weighted by Gasteiger charge is 2.29. The number of nitro benzene ring substituents is 1. The summed E-state index contributed by atoms with van der Waals surface area (Å²) in [4.78, 5) is 42.0. The molecule has 3 amide bonds. The zero-order valence-corrected chi connectivity index (χ0v) is 15.7. The lowest BCUT2D eigenvalue weighted by Gasteiger charge is -2.26. The van der Waals surface area contributed by atoms with Gasteiger partial charge < -0.3 is 10.2 Å². The van der Waals surface area contributed by atoms with E-state index in [2.05, 4.69) is 15.6 Å². The van der Waals surface area contributed by atoms with E-state index in [-0.39, 0.29) is 29.2 Å². The largest absolute Gasteiger partial charge is 0.336 e. The normalized spacial score (nSPS) is 13.2. The quantitative estimate of drug-likeness (QED) is 0.616. The topological polar surface area (TPSA) is 117 Å². The zero-order valence-electron chi connectivity index (χ0n) is 14.9. The summed E-state index contributed by atoms with van der Waals surface area (Å²) < 4.78 is 0. The Morgan fingerprint density at radius 2 is 2.07 bits per heavy atom. The van der Waals surface area contributed by atoms with Crippen molar-refractivity contribution in [1.29, 1.82) is 0 Å². The number of para-hydroxylation sites is 1. The third-order valence-electron chi connectivity index (χ3n) is 3.99. The molecular weight excluding hydrogens is 370 g/mol. The molecule has 1 aliphatic heterocycles. The van der Waals surface area contributed by atoms with E-state index in [9.17, 15) is 19.7 Å². The molecule has 0 unspecified atom stereocenters. The molecule has 0 aliphatic carbocycles. The van der Waals surface area contributed by atoms with Crippen molar-refractivity contribution in [2.45, 2.75) is 32.9 Å². The highest BCUT2D eigenvalue weighted by Crippen LogP contribution is 2.30. The van der Waals surface area contributed by atoms with Crippen molar-refractivity contribution in [3.05, 3.63) is 50.5 Å². The van der Waals surface area contributed by atoms with Crippen molar-refractivity contribution in [2.24, 2.45) is 0 Å². The Morgan fingerprint density at radius 1 is 1.33 bits per heavy atom. The van der Waals surface area contributed by atoms with Crippen molar-refractivity contribution in [1.82, 2.24) is 15.2 Å². The third-order valence-corrected chi connectivity index (χ3v) is 4.99. The van der Waals surface area contributed by atoms with Crippen LogP contribution in [0.25, 0.3) is 0 Å². The fourth-order valence-electron chi connectivity index (χ4n) is 2.80. The first-order valence-corrected chi connectivity index (χ1v) is 9.25. The van der Waals surface area contributed by atoms with E-state index in [0.29, 0.717) is 24.6 Å². The van der Waals surface area contributed by atoms with Gasteiger partial charge in [0.15, 0.2) is 5.13 Å². The summed E-state index contributed by atoms with van der Waals surface area (Å²) in [6, 6.07) is 5.61. The fraction of sp³-hybridized carbons (Fsp3) is 0.353. The number of nitro groups is 1. The lowest BCUT2D eigenvalue weighted by Crippen LogP contribution is -2.35. The summed E-state index contributed by atoms with van der Waals surface area (Å²) in [5.41, 5.74) is 0.710. The summed E-state index contributed by atoms with van der Waals surface area (Å²) in [7, 11) is 0. The first-order chi connectivity index (χ1) is 12.8. The Hall–Kier alpha value is -3.01. The minimum atomic E-state index is -0.551. The van der Waals surface area contributed by atoms with Gasteiger partial charge in [0.1, 0.15) is 5.56 Å². The molecule has 0 atom stereocenters. The average molecular weight is 389 g/mol. The Labute approximate surface area is 159 Å². The molecule has 0 radical (unpaired) electrons. The molecule has 1 aromatic heterocycles. The number of nitrogens with one attached hydrogen (secondary N) is 2. The zero-order chi connectivity index (χ0) is 19.6. The number of carbonyl (C=O) groups is 2.